The molecule has 0 aliphatic heterocycles. The summed E-state index contributed by atoms with van der Waals surface area (Å²) < 4.78 is 52.9. The number of halogens is 2. The van der Waals surface area contributed by atoms with Crippen molar-refractivity contribution in [2.45, 2.75) is 37.1 Å². The van der Waals surface area contributed by atoms with E-state index in [-0.39, 0.29) is 6.54 Å². The Balaban J connectivity index is 3.17. The Morgan fingerprint density at radius 2 is 1.63 bits per heavy atom. The van der Waals surface area contributed by atoms with Gasteiger partial charge in [0.05, 0.1) is 4.90 Å². The summed E-state index contributed by atoms with van der Waals surface area (Å²) in [4.78, 5) is -0.440. The minimum atomic E-state index is -4.01. The van der Waals surface area contributed by atoms with Gasteiger partial charge in [0, 0.05) is 18.2 Å². The van der Waals surface area contributed by atoms with Crippen LogP contribution in [-0.2, 0) is 10.0 Å². The highest BCUT2D eigenvalue weighted by molar-refractivity contribution is 7.89. The predicted molar refractivity (Wildman–Crippen MR) is 69.0 cm³/mol. The summed E-state index contributed by atoms with van der Waals surface area (Å²) in [6, 6.07) is 2.17. The molecule has 0 spiro atoms. The van der Waals surface area contributed by atoms with Crippen LogP contribution in [0, 0.1) is 11.6 Å². The molecule has 0 aromatic heterocycles. The highest BCUT2D eigenvalue weighted by atomic mass is 32.2. The van der Waals surface area contributed by atoms with Gasteiger partial charge in [-0.1, -0.05) is 13.8 Å². The van der Waals surface area contributed by atoms with Gasteiger partial charge in [0.25, 0.3) is 0 Å². The van der Waals surface area contributed by atoms with E-state index in [2.05, 4.69) is 4.72 Å². The van der Waals surface area contributed by atoms with Crippen molar-refractivity contribution in [3.05, 3.63) is 29.8 Å². The maximum absolute atomic E-state index is 13.1. The number of hydrogen-bond donors (Lipinski definition) is 2. The van der Waals surface area contributed by atoms with E-state index in [1.165, 1.54) is 0 Å². The number of hydrogen-bond acceptors (Lipinski definition) is 3. The second kappa shape index (κ2) is 5.94. The molecule has 3 N–H and O–H groups in total. The van der Waals surface area contributed by atoms with Crippen LogP contribution in [0.4, 0.5) is 8.78 Å². The van der Waals surface area contributed by atoms with Crippen molar-refractivity contribution in [2.75, 3.05) is 6.54 Å². The van der Waals surface area contributed by atoms with Crippen LogP contribution < -0.4 is 10.5 Å². The molecule has 0 heterocycles. The van der Waals surface area contributed by atoms with Gasteiger partial charge in [-0.05, 0) is 25.0 Å². The van der Waals surface area contributed by atoms with Crippen molar-refractivity contribution in [1.82, 2.24) is 4.72 Å². The standard InChI is InChI=1S/C12H18F2N2O2S/c1-3-12(4-2,8-15)16-19(17,18)11-6-9(13)5-10(14)7-11/h5-7,16H,3-4,8,15H2,1-2H3. The average molecular weight is 292 g/mol. The van der Waals surface area contributed by atoms with Gasteiger partial charge < -0.3 is 5.73 Å². The molecule has 0 aliphatic rings. The van der Waals surface area contributed by atoms with E-state index in [1.807, 2.05) is 0 Å². The van der Waals surface area contributed by atoms with Gasteiger partial charge in [-0.2, -0.15) is 0 Å². The van der Waals surface area contributed by atoms with Gasteiger partial charge in [-0.25, -0.2) is 21.9 Å². The van der Waals surface area contributed by atoms with Crippen molar-refractivity contribution in [1.29, 1.82) is 0 Å². The molecule has 1 aromatic carbocycles. The first-order chi connectivity index (χ1) is 8.78. The van der Waals surface area contributed by atoms with E-state index in [9.17, 15) is 17.2 Å². The van der Waals surface area contributed by atoms with Gasteiger partial charge in [0.2, 0.25) is 10.0 Å². The molecule has 0 atom stereocenters. The number of rotatable bonds is 6. The Hall–Kier alpha value is -1.05. The molecule has 4 nitrogen and oxygen atoms in total. The molecule has 0 saturated carbocycles. The quantitative estimate of drug-likeness (QED) is 0.839. The van der Waals surface area contributed by atoms with Gasteiger partial charge in [0.15, 0.2) is 0 Å². The van der Waals surface area contributed by atoms with E-state index in [1.54, 1.807) is 13.8 Å². The minimum absolute atomic E-state index is 0.108. The first-order valence-corrected chi connectivity index (χ1v) is 7.47. The lowest BCUT2D eigenvalue weighted by Gasteiger charge is -2.30. The zero-order chi connectivity index (χ0) is 14.7. The lowest BCUT2D eigenvalue weighted by molar-refractivity contribution is 0.363. The third-order valence-electron chi connectivity index (χ3n) is 3.24. The molecule has 0 amide bonds. The summed E-state index contributed by atoms with van der Waals surface area (Å²) >= 11 is 0. The molecule has 19 heavy (non-hydrogen) atoms. The largest absolute Gasteiger partial charge is 0.329 e. The monoisotopic (exact) mass is 292 g/mol. The molecular weight excluding hydrogens is 274 g/mol. The fourth-order valence-electron chi connectivity index (χ4n) is 1.75. The molecule has 0 bridgehead atoms. The molecular formula is C12H18F2N2O2S. The van der Waals surface area contributed by atoms with E-state index in [0.717, 1.165) is 12.1 Å². The number of nitrogens with two attached hydrogens (primary N) is 1. The smallest absolute Gasteiger partial charge is 0.241 e. The molecule has 0 unspecified atom stereocenters. The van der Waals surface area contributed by atoms with Gasteiger partial charge in [-0.3, -0.25) is 0 Å². The van der Waals surface area contributed by atoms with Gasteiger partial charge >= 0.3 is 0 Å². The van der Waals surface area contributed by atoms with Crippen LogP contribution in [0.15, 0.2) is 23.1 Å². The summed E-state index contributed by atoms with van der Waals surface area (Å²) in [5, 5.41) is 0. The van der Waals surface area contributed by atoms with Crippen molar-refractivity contribution < 1.29 is 17.2 Å². The second-order valence-corrected chi connectivity index (χ2v) is 6.08. The first-order valence-electron chi connectivity index (χ1n) is 5.98. The molecule has 1 aromatic rings. The summed E-state index contributed by atoms with van der Waals surface area (Å²) in [5.74, 6) is -1.88. The lowest BCUT2D eigenvalue weighted by Crippen LogP contribution is -2.52. The second-order valence-electron chi connectivity index (χ2n) is 4.40. The van der Waals surface area contributed by atoms with Gasteiger partial charge in [-0.15, -0.1) is 0 Å². The molecule has 0 aliphatic carbocycles. The van der Waals surface area contributed by atoms with E-state index < -0.39 is 32.1 Å². The van der Waals surface area contributed by atoms with Crippen LogP contribution in [0.25, 0.3) is 0 Å². The zero-order valence-corrected chi connectivity index (χ0v) is 11.7. The highest BCUT2D eigenvalue weighted by Gasteiger charge is 2.31. The van der Waals surface area contributed by atoms with Crippen LogP contribution in [0.5, 0.6) is 0 Å². The van der Waals surface area contributed by atoms with E-state index in [0.29, 0.717) is 18.9 Å². The topological polar surface area (TPSA) is 72.2 Å². The Labute approximate surface area is 112 Å². The van der Waals surface area contributed by atoms with Crippen molar-refractivity contribution in [3.63, 3.8) is 0 Å². The number of nitrogens with one attached hydrogen (secondary N) is 1. The highest BCUT2D eigenvalue weighted by Crippen LogP contribution is 2.20. The fourth-order valence-corrected chi connectivity index (χ4v) is 3.35. The lowest BCUT2D eigenvalue weighted by atomic mass is 9.95. The van der Waals surface area contributed by atoms with Crippen molar-refractivity contribution in [3.8, 4) is 0 Å². The van der Waals surface area contributed by atoms with Crippen LogP contribution >= 0.6 is 0 Å². The summed E-state index contributed by atoms with van der Waals surface area (Å²) in [5.41, 5.74) is 4.79. The maximum Gasteiger partial charge on any atom is 0.241 e. The van der Waals surface area contributed by atoms with Crippen LogP contribution in [-0.4, -0.2) is 20.5 Å². The van der Waals surface area contributed by atoms with Crippen LogP contribution in [0.2, 0.25) is 0 Å². The normalized spacial score (nSPS) is 12.7. The third-order valence-corrected chi connectivity index (χ3v) is 4.80. The Kier molecular flexibility index (Phi) is 5.00. The molecule has 0 fully saturated rings. The van der Waals surface area contributed by atoms with Crippen LogP contribution in [0.1, 0.15) is 26.7 Å². The SMILES string of the molecule is CCC(CC)(CN)NS(=O)(=O)c1cc(F)cc(F)c1. The van der Waals surface area contributed by atoms with Crippen molar-refractivity contribution in [2.24, 2.45) is 5.73 Å². The fraction of sp³-hybridized carbons (Fsp3) is 0.500. The molecule has 7 heteroatoms. The molecule has 0 radical (unpaired) electrons. The van der Waals surface area contributed by atoms with Crippen LogP contribution in [0.3, 0.4) is 0 Å². The maximum atomic E-state index is 13.1. The molecule has 0 saturated heterocycles. The molecule has 108 valence electrons. The Morgan fingerprint density at radius 1 is 1.16 bits per heavy atom. The minimum Gasteiger partial charge on any atom is -0.329 e. The van der Waals surface area contributed by atoms with E-state index >= 15 is 0 Å². The summed E-state index contributed by atoms with van der Waals surface area (Å²) in [6.45, 7) is 3.70. The summed E-state index contributed by atoms with van der Waals surface area (Å²) in [6.07, 6.45) is 0.966. The number of sulfonamides is 1. The average Bonchev–Trinajstić information content (AvgIpc) is 2.35. The third kappa shape index (κ3) is 3.71. The molecule has 1 rings (SSSR count). The number of benzene rings is 1. The first kappa shape index (κ1) is 16.0. The zero-order valence-electron chi connectivity index (χ0n) is 10.9. The Bertz CT molecular complexity index is 514. The van der Waals surface area contributed by atoms with Gasteiger partial charge in [0.1, 0.15) is 11.6 Å². The predicted octanol–water partition coefficient (Wildman–Crippen LogP) is 1.76. The Morgan fingerprint density at radius 3 is 2.00 bits per heavy atom. The van der Waals surface area contributed by atoms with E-state index in [4.69, 9.17) is 5.73 Å². The van der Waals surface area contributed by atoms with Crippen molar-refractivity contribution >= 4 is 10.0 Å². The summed E-state index contributed by atoms with van der Waals surface area (Å²) in [7, 11) is -4.01.